The third kappa shape index (κ3) is 5.70. The molecule has 5 rings (SSSR count). The van der Waals surface area contributed by atoms with Crippen LogP contribution in [0.3, 0.4) is 0 Å². The number of anilines is 1. The summed E-state index contributed by atoms with van der Waals surface area (Å²) in [6.07, 6.45) is 4.77. The van der Waals surface area contributed by atoms with Gasteiger partial charge in [-0.1, -0.05) is 30.3 Å². The van der Waals surface area contributed by atoms with Crippen molar-refractivity contribution < 1.29 is 19.0 Å². The first kappa shape index (κ1) is 29.2. The van der Waals surface area contributed by atoms with Gasteiger partial charge in [0.25, 0.3) is 11.5 Å². The number of carbonyl (C=O) groups excluding carboxylic acids is 1. The highest BCUT2D eigenvalue weighted by molar-refractivity contribution is 6.04. The number of aryl methyl sites for hydroxylation is 1. The van der Waals surface area contributed by atoms with Crippen LogP contribution in [0.4, 0.5) is 10.1 Å². The molecule has 218 valence electrons. The number of ether oxygens (including phenoxy) is 1. The van der Waals surface area contributed by atoms with Crippen molar-refractivity contribution in [1.29, 1.82) is 0 Å². The zero-order chi connectivity index (χ0) is 30.0. The molecule has 1 aliphatic rings. The molecule has 0 unspecified atom stereocenters. The van der Waals surface area contributed by atoms with E-state index in [0.717, 1.165) is 47.1 Å². The highest BCUT2D eigenvalue weighted by atomic mass is 19.1. The van der Waals surface area contributed by atoms with E-state index in [4.69, 9.17) is 4.74 Å². The van der Waals surface area contributed by atoms with Gasteiger partial charge in [-0.25, -0.2) is 9.37 Å². The second-order valence-corrected chi connectivity index (χ2v) is 10.8. The first-order chi connectivity index (χ1) is 20.2. The fraction of sp³-hybridized carbons (Fsp3) is 0.303. The van der Waals surface area contributed by atoms with Gasteiger partial charge < -0.3 is 25.0 Å². The van der Waals surface area contributed by atoms with Crippen LogP contribution in [0, 0.1) is 19.7 Å². The molecule has 1 aromatic heterocycles. The summed E-state index contributed by atoms with van der Waals surface area (Å²) in [5, 5.41) is 16.3. The normalized spacial score (nSPS) is 16.4. The minimum absolute atomic E-state index is 0.0444. The van der Waals surface area contributed by atoms with Crippen molar-refractivity contribution in [3.05, 3.63) is 99.5 Å². The molecule has 4 aromatic rings. The van der Waals surface area contributed by atoms with E-state index >= 15 is 4.39 Å². The molecule has 0 spiro atoms. The SMILES string of the molecule is COc1cc(-c2cccc(-c3cccc(NC(=O)c4cncn(C)c4=O)c3C)c2C)cc(F)c1CN[C@@H]1CCC[C@@H]1O. The van der Waals surface area contributed by atoms with Crippen LogP contribution >= 0.6 is 0 Å². The summed E-state index contributed by atoms with van der Waals surface area (Å²) in [7, 11) is 3.07. The molecule has 1 aliphatic carbocycles. The molecule has 1 fully saturated rings. The molecule has 3 N–H and O–H groups in total. The molecular formula is C33H35FN4O4. The highest BCUT2D eigenvalue weighted by Gasteiger charge is 2.25. The van der Waals surface area contributed by atoms with Crippen LogP contribution in [-0.4, -0.2) is 39.8 Å². The van der Waals surface area contributed by atoms with E-state index in [-0.39, 0.29) is 24.0 Å². The largest absolute Gasteiger partial charge is 0.496 e. The molecule has 1 amide bonds. The number of amides is 1. The summed E-state index contributed by atoms with van der Waals surface area (Å²) >= 11 is 0. The van der Waals surface area contributed by atoms with E-state index in [1.54, 1.807) is 13.1 Å². The lowest BCUT2D eigenvalue weighted by Crippen LogP contribution is -2.35. The molecule has 8 nitrogen and oxygen atoms in total. The summed E-state index contributed by atoms with van der Waals surface area (Å²) in [6.45, 7) is 4.15. The number of aliphatic hydroxyl groups is 1. The number of aliphatic hydroxyl groups excluding tert-OH is 1. The lowest BCUT2D eigenvalue weighted by Gasteiger charge is -2.20. The fourth-order valence-electron chi connectivity index (χ4n) is 5.69. The van der Waals surface area contributed by atoms with E-state index < -0.39 is 17.6 Å². The third-order valence-corrected chi connectivity index (χ3v) is 8.15. The second-order valence-electron chi connectivity index (χ2n) is 10.8. The van der Waals surface area contributed by atoms with E-state index in [1.165, 1.54) is 30.3 Å². The van der Waals surface area contributed by atoms with Crippen LogP contribution < -0.4 is 20.9 Å². The van der Waals surface area contributed by atoms with Gasteiger partial charge in [0.1, 0.15) is 17.1 Å². The van der Waals surface area contributed by atoms with E-state index in [9.17, 15) is 14.7 Å². The minimum atomic E-state index is -0.533. The number of carbonyl (C=O) groups is 1. The van der Waals surface area contributed by atoms with Crippen LogP contribution in [0.1, 0.15) is 46.3 Å². The number of nitrogens with one attached hydrogen (secondary N) is 2. The zero-order valence-corrected chi connectivity index (χ0v) is 24.2. The van der Waals surface area contributed by atoms with Gasteiger partial charge in [-0.05, 0) is 84.7 Å². The average molecular weight is 571 g/mol. The van der Waals surface area contributed by atoms with Gasteiger partial charge in [0.2, 0.25) is 0 Å². The molecule has 3 aromatic carbocycles. The minimum Gasteiger partial charge on any atom is -0.496 e. The standard InChI is InChI=1S/C33H35FN4O4/c1-19-22(21-14-27(34)25(31(15-21)42-4)17-36-29-12-7-13-30(29)39)8-5-9-23(19)24-10-6-11-28(20(24)2)37-32(40)26-16-35-18-38(3)33(26)41/h5-6,8-11,14-16,18,29-30,36,39H,7,12-13,17H2,1-4H3,(H,37,40)/t29-,30+/m1/s1. The maximum Gasteiger partial charge on any atom is 0.265 e. The predicted octanol–water partition coefficient (Wildman–Crippen LogP) is 5.13. The zero-order valence-electron chi connectivity index (χ0n) is 24.2. The summed E-state index contributed by atoms with van der Waals surface area (Å²) in [5.41, 5.74) is 5.65. The lowest BCUT2D eigenvalue weighted by atomic mass is 9.90. The van der Waals surface area contributed by atoms with Crippen LogP contribution in [-0.2, 0) is 13.6 Å². The van der Waals surface area contributed by atoms with E-state index in [2.05, 4.69) is 15.6 Å². The van der Waals surface area contributed by atoms with Crippen LogP contribution in [0.15, 0.2) is 65.8 Å². The number of aromatic nitrogens is 2. The van der Waals surface area contributed by atoms with Gasteiger partial charge in [0, 0.05) is 37.1 Å². The first-order valence-electron chi connectivity index (χ1n) is 14.0. The maximum atomic E-state index is 15.5. The second kappa shape index (κ2) is 12.3. The summed E-state index contributed by atoms with van der Waals surface area (Å²) in [6, 6.07) is 14.8. The number of methoxy groups -OCH3 is 1. The molecule has 0 bridgehead atoms. The van der Waals surface area contributed by atoms with Gasteiger partial charge >= 0.3 is 0 Å². The number of rotatable bonds is 8. The Hall–Kier alpha value is -4.34. The lowest BCUT2D eigenvalue weighted by molar-refractivity contribution is 0.102. The fourth-order valence-corrected chi connectivity index (χ4v) is 5.69. The van der Waals surface area contributed by atoms with E-state index in [1.807, 2.05) is 50.2 Å². The average Bonchev–Trinajstić information content (AvgIpc) is 3.39. The molecular weight excluding hydrogens is 535 g/mol. The number of hydrogen-bond donors (Lipinski definition) is 3. The van der Waals surface area contributed by atoms with Crippen molar-refractivity contribution in [2.45, 2.75) is 51.8 Å². The Balaban J connectivity index is 1.45. The first-order valence-corrected chi connectivity index (χ1v) is 14.0. The monoisotopic (exact) mass is 570 g/mol. The van der Waals surface area contributed by atoms with Gasteiger partial charge in [-0.3, -0.25) is 9.59 Å². The Labute approximate surface area is 244 Å². The van der Waals surface area contributed by atoms with Crippen LogP contribution in [0.5, 0.6) is 5.75 Å². The predicted molar refractivity (Wildman–Crippen MR) is 161 cm³/mol. The van der Waals surface area contributed by atoms with Gasteiger partial charge in [-0.15, -0.1) is 0 Å². The van der Waals surface area contributed by atoms with Crippen molar-refractivity contribution in [3.63, 3.8) is 0 Å². The van der Waals surface area contributed by atoms with Crippen molar-refractivity contribution >= 4 is 11.6 Å². The molecule has 0 saturated heterocycles. The summed E-state index contributed by atoms with van der Waals surface area (Å²) in [4.78, 5) is 29.3. The summed E-state index contributed by atoms with van der Waals surface area (Å²) in [5.74, 6) is -0.470. The number of benzene rings is 3. The van der Waals surface area contributed by atoms with Crippen LogP contribution in [0.2, 0.25) is 0 Å². The topological polar surface area (TPSA) is 105 Å². The summed E-state index contributed by atoms with van der Waals surface area (Å²) < 4.78 is 22.3. The van der Waals surface area contributed by atoms with Crippen molar-refractivity contribution in [1.82, 2.24) is 14.9 Å². The number of halogens is 1. The Bertz CT molecular complexity index is 1700. The number of hydrogen-bond acceptors (Lipinski definition) is 6. The Kier molecular flexibility index (Phi) is 8.51. The third-order valence-electron chi connectivity index (χ3n) is 8.15. The van der Waals surface area contributed by atoms with Gasteiger partial charge in [0.05, 0.1) is 19.5 Å². The molecule has 42 heavy (non-hydrogen) atoms. The molecule has 1 heterocycles. The molecule has 9 heteroatoms. The van der Waals surface area contributed by atoms with Crippen molar-refractivity contribution in [3.8, 4) is 28.0 Å². The Morgan fingerprint density at radius 1 is 1.10 bits per heavy atom. The van der Waals surface area contributed by atoms with E-state index in [0.29, 0.717) is 22.6 Å². The van der Waals surface area contributed by atoms with Crippen molar-refractivity contribution in [2.75, 3.05) is 12.4 Å². The van der Waals surface area contributed by atoms with Gasteiger partial charge in [-0.2, -0.15) is 0 Å². The highest BCUT2D eigenvalue weighted by Crippen LogP contribution is 2.38. The molecule has 2 atom stereocenters. The van der Waals surface area contributed by atoms with Crippen molar-refractivity contribution in [2.24, 2.45) is 7.05 Å². The quantitative estimate of drug-likeness (QED) is 0.271. The van der Waals surface area contributed by atoms with Gasteiger partial charge in [0.15, 0.2) is 0 Å². The Morgan fingerprint density at radius 2 is 1.81 bits per heavy atom. The Morgan fingerprint density at radius 3 is 2.52 bits per heavy atom. The molecule has 0 radical (unpaired) electrons. The van der Waals surface area contributed by atoms with Crippen LogP contribution in [0.25, 0.3) is 22.3 Å². The smallest absolute Gasteiger partial charge is 0.265 e. The molecule has 1 saturated carbocycles. The number of nitrogens with zero attached hydrogens (tertiary/aromatic N) is 2. The maximum absolute atomic E-state index is 15.5. The molecule has 0 aliphatic heterocycles.